The van der Waals surface area contributed by atoms with Crippen molar-refractivity contribution in [2.24, 2.45) is 4.99 Å². The number of nitrogens with one attached hydrogen (secondary N) is 1. The summed E-state index contributed by atoms with van der Waals surface area (Å²) in [6.45, 7) is 13.6. The van der Waals surface area contributed by atoms with Crippen LogP contribution in [0.5, 0.6) is 0 Å². The van der Waals surface area contributed by atoms with Crippen LogP contribution in [0.3, 0.4) is 0 Å². The molecule has 0 aliphatic heterocycles. The summed E-state index contributed by atoms with van der Waals surface area (Å²) in [7, 11) is 0. The number of hydrogen-bond acceptors (Lipinski definition) is 2. The lowest BCUT2D eigenvalue weighted by atomic mass is 10.1. The van der Waals surface area contributed by atoms with Gasteiger partial charge in [0.1, 0.15) is 0 Å². The second kappa shape index (κ2) is 5.97. The zero-order valence-corrected chi connectivity index (χ0v) is 9.59. The summed E-state index contributed by atoms with van der Waals surface area (Å²) in [5.74, 6) is 0. The molecule has 0 aromatic heterocycles. The number of rotatable bonds is 5. The van der Waals surface area contributed by atoms with Crippen LogP contribution in [-0.4, -0.2) is 36.5 Å². The SMILES string of the molecule is CCN(CC)CN=CNC(C)(C)C. The number of aliphatic imine (C=N–C) groups is 1. The highest BCUT2D eigenvalue weighted by molar-refractivity contribution is 5.55. The Bertz CT molecular complexity index is 143. The van der Waals surface area contributed by atoms with Gasteiger partial charge in [-0.15, -0.1) is 0 Å². The lowest BCUT2D eigenvalue weighted by Gasteiger charge is -2.19. The van der Waals surface area contributed by atoms with Crippen molar-refractivity contribution in [1.29, 1.82) is 0 Å². The lowest BCUT2D eigenvalue weighted by molar-refractivity contribution is 0.314. The van der Waals surface area contributed by atoms with Crippen LogP contribution in [0.2, 0.25) is 0 Å². The van der Waals surface area contributed by atoms with Gasteiger partial charge in [-0.2, -0.15) is 0 Å². The Morgan fingerprint density at radius 3 is 2.15 bits per heavy atom. The van der Waals surface area contributed by atoms with E-state index in [1.807, 2.05) is 0 Å². The topological polar surface area (TPSA) is 27.6 Å². The molecule has 0 aliphatic carbocycles. The molecule has 0 saturated heterocycles. The summed E-state index contributed by atoms with van der Waals surface area (Å²) < 4.78 is 0. The molecule has 3 heteroatoms. The van der Waals surface area contributed by atoms with Crippen molar-refractivity contribution in [1.82, 2.24) is 10.2 Å². The molecule has 0 heterocycles. The first-order valence-electron chi connectivity index (χ1n) is 4.98. The molecule has 0 saturated carbocycles. The molecule has 0 aromatic rings. The highest BCUT2D eigenvalue weighted by Crippen LogP contribution is 1.95. The van der Waals surface area contributed by atoms with Gasteiger partial charge in [0.25, 0.3) is 0 Å². The van der Waals surface area contributed by atoms with Crippen LogP contribution in [0.4, 0.5) is 0 Å². The van der Waals surface area contributed by atoms with Crippen LogP contribution in [-0.2, 0) is 0 Å². The summed E-state index contributed by atoms with van der Waals surface area (Å²) >= 11 is 0. The van der Waals surface area contributed by atoms with Crippen molar-refractivity contribution in [3.8, 4) is 0 Å². The first-order valence-corrected chi connectivity index (χ1v) is 4.98. The van der Waals surface area contributed by atoms with E-state index in [9.17, 15) is 0 Å². The Balaban J connectivity index is 3.62. The van der Waals surface area contributed by atoms with Crippen LogP contribution in [0.15, 0.2) is 4.99 Å². The summed E-state index contributed by atoms with van der Waals surface area (Å²) in [5, 5.41) is 3.21. The smallest absolute Gasteiger partial charge is 0.0926 e. The standard InChI is InChI=1S/C10H23N3/c1-6-13(7-2)9-11-8-12-10(3,4)5/h8H,6-7,9H2,1-5H3,(H,11,12). The van der Waals surface area contributed by atoms with E-state index in [2.05, 4.69) is 49.8 Å². The average Bonchev–Trinajstić information content (AvgIpc) is 2.03. The first-order chi connectivity index (χ1) is 5.99. The molecule has 0 fully saturated rings. The van der Waals surface area contributed by atoms with Gasteiger partial charge in [0.05, 0.1) is 13.0 Å². The summed E-state index contributed by atoms with van der Waals surface area (Å²) in [4.78, 5) is 6.55. The Morgan fingerprint density at radius 2 is 1.77 bits per heavy atom. The molecule has 0 aliphatic rings. The minimum absolute atomic E-state index is 0.118. The molecule has 0 unspecified atom stereocenters. The van der Waals surface area contributed by atoms with E-state index in [1.165, 1.54) is 0 Å². The molecular formula is C10H23N3. The normalized spacial score (nSPS) is 12.8. The van der Waals surface area contributed by atoms with E-state index in [-0.39, 0.29) is 5.54 Å². The maximum atomic E-state index is 4.29. The van der Waals surface area contributed by atoms with Gasteiger partial charge < -0.3 is 5.32 Å². The maximum absolute atomic E-state index is 4.29. The minimum atomic E-state index is 0.118. The molecule has 0 spiro atoms. The zero-order chi connectivity index (χ0) is 10.3. The molecule has 13 heavy (non-hydrogen) atoms. The maximum Gasteiger partial charge on any atom is 0.0926 e. The highest BCUT2D eigenvalue weighted by Gasteiger charge is 2.04. The molecule has 1 N–H and O–H groups in total. The predicted molar refractivity (Wildman–Crippen MR) is 59.2 cm³/mol. The predicted octanol–water partition coefficient (Wildman–Crippen LogP) is 1.70. The van der Waals surface area contributed by atoms with E-state index < -0.39 is 0 Å². The van der Waals surface area contributed by atoms with Gasteiger partial charge in [0.15, 0.2) is 0 Å². The third-order valence-electron chi connectivity index (χ3n) is 1.76. The van der Waals surface area contributed by atoms with Crippen LogP contribution >= 0.6 is 0 Å². The molecule has 0 radical (unpaired) electrons. The van der Waals surface area contributed by atoms with Crippen molar-refractivity contribution >= 4 is 6.34 Å². The lowest BCUT2D eigenvalue weighted by Crippen LogP contribution is -2.35. The van der Waals surface area contributed by atoms with Crippen molar-refractivity contribution in [2.75, 3.05) is 19.8 Å². The van der Waals surface area contributed by atoms with E-state index in [1.54, 1.807) is 6.34 Å². The zero-order valence-electron chi connectivity index (χ0n) is 9.59. The average molecular weight is 185 g/mol. The second-order valence-electron chi connectivity index (χ2n) is 4.15. The molecule has 0 rings (SSSR count). The van der Waals surface area contributed by atoms with E-state index in [0.29, 0.717) is 0 Å². The molecule has 0 atom stereocenters. The third-order valence-corrected chi connectivity index (χ3v) is 1.76. The second-order valence-corrected chi connectivity index (χ2v) is 4.15. The highest BCUT2D eigenvalue weighted by atomic mass is 15.2. The van der Waals surface area contributed by atoms with Crippen LogP contribution in [0.25, 0.3) is 0 Å². The number of nitrogens with zero attached hydrogens (tertiary/aromatic N) is 2. The van der Waals surface area contributed by atoms with Crippen LogP contribution in [0, 0.1) is 0 Å². The van der Waals surface area contributed by atoms with E-state index in [0.717, 1.165) is 19.8 Å². The largest absolute Gasteiger partial charge is 0.372 e. The van der Waals surface area contributed by atoms with Gasteiger partial charge in [0, 0.05) is 5.54 Å². The molecule has 0 aromatic carbocycles. The quantitative estimate of drug-likeness (QED) is 0.521. The van der Waals surface area contributed by atoms with Crippen molar-refractivity contribution in [3.05, 3.63) is 0 Å². The van der Waals surface area contributed by atoms with Gasteiger partial charge in [0.2, 0.25) is 0 Å². The van der Waals surface area contributed by atoms with Crippen molar-refractivity contribution in [2.45, 2.75) is 40.2 Å². The fraction of sp³-hybridized carbons (Fsp3) is 0.900. The van der Waals surface area contributed by atoms with E-state index >= 15 is 0 Å². The molecule has 0 amide bonds. The van der Waals surface area contributed by atoms with Crippen molar-refractivity contribution < 1.29 is 0 Å². The Labute approximate surface area is 82.2 Å². The minimum Gasteiger partial charge on any atom is -0.372 e. The summed E-state index contributed by atoms with van der Waals surface area (Å²) in [6, 6.07) is 0. The number of hydrogen-bond donors (Lipinski definition) is 1. The van der Waals surface area contributed by atoms with Crippen LogP contribution < -0.4 is 5.32 Å². The van der Waals surface area contributed by atoms with Crippen molar-refractivity contribution in [3.63, 3.8) is 0 Å². The fourth-order valence-electron chi connectivity index (χ4n) is 0.819. The molecular weight excluding hydrogens is 162 g/mol. The Kier molecular flexibility index (Phi) is 5.71. The van der Waals surface area contributed by atoms with Gasteiger partial charge >= 0.3 is 0 Å². The Morgan fingerprint density at radius 1 is 1.23 bits per heavy atom. The molecule has 3 nitrogen and oxygen atoms in total. The Hall–Kier alpha value is -0.570. The van der Waals surface area contributed by atoms with Gasteiger partial charge in [-0.3, -0.25) is 9.89 Å². The summed E-state index contributed by atoms with van der Waals surface area (Å²) in [6.07, 6.45) is 1.80. The summed E-state index contributed by atoms with van der Waals surface area (Å²) in [5.41, 5.74) is 0.118. The molecule has 78 valence electrons. The third kappa shape index (κ3) is 7.78. The van der Waals surface area contributed by atoms with Gasteiger partial charge in [-0.25, -0.2) is 0 Å². The van der Waals surface area contributed by atoms with E-state index in [4.69, 9.17) is 0 Å². The first kappa shape index (κ1) is 12.4. The van der Waals surface area contributed by atoms with Gasteiger partial charge in [-0.05, 0) is 33.9 Å². The monoisotopic (exact) mass is 185 g/mol. The van der Waals surface area contributed by atoms with Gasteiger partial charge in [-0.1, -0.05) is 13.8 Å². The fourth-order valence-corrected chi connectivity index (χ4v) is 0.819. The molecule has 0 bridgehead atoms. The van der Waals surface area contributed by atoms with Crippen LogP contribution in [0.1, 0.15) is 34.6 Å².